The lowest BCUT2D eigenvalue weighted by molar-refractivity contribution is -0.384. The number of rotatable bonds is 7. The first-order chi connectivity index (χ1) is 16.7. The predicted octanol–water partition coefficient (Wildman–Crippen LogP) is 5.36. The van der Waals surface area contributed by atoms with E-state index in [4.69, 9.17) is 4.74 Å². The fraction of sp³-hybridized carbons (Fsp3) is 0.261. The molecule has 3 amide bonds. The highest BCUT2D eigenvalue weighted by atomic mass is 79.9. The molecule has 12 heteroatoms. The third kappa shape index (κ3) is 5.93. The third-order valence-corrected chi connectivity index (χ3v) is 7.53. The first-order valence-corrected chi connectivity index (χ1v) is 13.0. The zero-order valence-electron chi connectivity index (χ0n) is 18.2. The van der Waals surface area contributed by atoms with Gasteiger partial charge in [-0.1, -0.05) is 12.1 Å². The molecule has 182 valence electrons. The van der Waals surface area contributed by atoms with E-state index in [0.29, 0.717) is 38.9 Å². The summed E-state index contributed by atoms with van der Waals surface area (Å²) in [6, 6.07) is 9.65. The van der Waals surface area contributed by atoms with Crippen LogP contribution in [0, 0.1) is 10.1 Å². The first kappa shape index (κ1) is 25.4. The largest absolute Gasteiger partial charge is 0.487 e. The molecule has 0 saturated carbocycles. The molecule has 2 heterocycles. The predicted molar refractivity (Wildman–Crippen MR) is 138 cm³/mol. The van der Waals surface area contributed by atoms with E-state index in [1.165, 1.54) is 12.1 Å². The van der Waals surface area contributed by atoms with Crippen LogP contribution in [0.3, 0.4) is 0 Å². The lowest BCUT2D eigenvalue weighted by Gasteiger charge is -2.18. The number of nitro benzene ring substituents is 1. The number of hydrogen-bond acceptors (Lipinski definition) is 7. The molecule has 9 nitrogen and oxygen atoms in total. The molecule has 35 heavy (non-hydrogen) atoms. The van der Waals surface area contributed by atoms with E-state index in [1.54, 1.807) is 35.2 Å². The quantitative estimate of drug-likeness (QED) is 0.232. The summed E-state index contributed by atoms with van der Waals surface area (Å²) in [4.78, 5) is 51.0. The Balaban J connectivity index is 1.46. The Bertz CT molecular complexity index is 1220. The number of nitro groups is 1. The molecular weight excluding hydrogens is 606 g/mol. The molecule has 0 aromatic heterocycles. The van der Waals surface area contributed by atoms with Gasteiger partial charge in [-0.2, -0.15) is 0 Å². The second-order valence-corrected chi connectivity index (χ2v) is 10.6. The summed E-state index contributed by atoms with van der Waals surface area (Å²) in [5, 5.41) is 10.5. The van der Waals surface area contributed by atoms with Crippen molar-refractivity contribution < 1.29 is 24.0 Å². The number of carbonyl (C=O) groups excluding carboxylic acids is 3. The standard InChI is InChI=1S/C23H19Br2N3O6S/c24-17-9-15(10-18(25)21(17)34-13-14-4-3-5-16(8-14)28(32)33)11-19-22(30)27(23(31)35-19)12-20(29)26-6-1-2-7-26/h3-5,8-11H,1-2,6-7,12-13H2/b19-11+. The van der Waals surface area contributed by atoms with Crippen LogP contribution in [-0.4, -0.2) is 51.4 Å². The first-order valence-electron chi connectivity index (χ1n) is 10.6. The number of amides is 3. The molecular formula is C23H19Br2N3O6S. The van der Waals surface area contributed by atoms with Crippen LogP contribution in [0.25, 0.3) is 6.08 Å². The van der Waals surface area contributed by atoms with Crippen LogP contribution in [0.15, 0.2) is 50.2 Å². The molecule has 2 aliphatic heterocycles. The maximum Gasteiger partial charge on any atom is 0.294 e. The van der Waals surface area contributed by atoms with E-state index >= 15 is 0 Å². The SMILES string of the molecule is O=C(CN1C(=O)S/C(=C/c2cc(Br)c(OCc3cccc([N+](=O)[O-])c3)c(Br)c2)C1=O)N1CCCC1. The Labute approximate surface area is 221 Å². The van der Waals surface area contributed by atoms with E-state index in [9.17, 15) is 24.5 Å². The molecule has 0 radical (unpaired) electrons. The molecule has 0 spiro atoms. The van der Waals surface area contributed by atoms with Crippen molar-refractivity contribution in [2.45, 2.75) is 19.4 Å². The monoisotopic (exact) mass is 623 g/mol. The van der Waals surface area contributed by atoms with Crippen molar-refractivity contribution in [3.63, 3.8) is 0 Å². The number of thioether (sulfide) groups is 1. The van der Waals surface area contributed by atoms with Gasteiger partial charge in [0.1, 0.15) is 18.9 Å². The number of imide groups is 1. The highest BCUT2D eigenvalue weighted by Crippen LogP contribution is 2.38. The van der Waals surface area contributed by atoms with Crippen LogP contribution in [0.5, 0.6) is 5.75 Å². The number of halogens is 2. The van der Waals surface area contributed by atoms with Gasteiger partial charge in [-0.3, -0.25) is 29.4 Å². The van der Waals surface area contributed by atoms with Crippen LogP contribution in [-0.2, 0) is 16.2 Å². The Morgan fingerprint density at radius 1 is 1.14 bits per heavy atom. The minimum absolute atomic E-state index is 0.0179. The van der Waals surface area contributed by atoms with Crippen LogP contribution in [0.4, 0.5) is 10.5 Å². The molecule has 2 saturated heterocycles. The van der Waals surface area contributed by atoms with Crippen molar-refractivity contribution in [2.24, 2.45) is 0 Å². The van der Waals surface area contributed by atoms with Crippen molar-refractivity contribution in [1.82, 2.24) is 9.80 Å². The van der Waals surface area contributed by atoms with Crippen LogP contribution < -0.4 is 4.74 Å². The Morgan fingerprint density at radius 2 is 1.83 bits per heavy atom. The van der Waals surface area contributed by atoms with Crippen molar-refractivity contribution in [2.75, 3.05) is 19.6 Å². The molecule has 0 atom stereocenters. The van der Waals surface area contributed by atoms with Gasteiger partial charge >= 0.3 is 0 Å². The van der Waals surface area contributed by atoms with Crippen LogP contribution in [0.1, 0.15) is 24.0 Å². The normalized spacial score (nSPS) is 16.9. The third-order valence-electron chi connectivity index (χ3n) is 5.45. The van der Waals surface area contributed by atoms with Gasteiger partial charge in [-0.25, -0.2) is 0 Å². The highest BCUT2D eigenvalue weighted by Gasteiger charge is 2.37. The Hall–Kier alpha value is -2.70. The lowest BCUT2D eigenvalue weighted by Crippen LogP contribution is -2.40. The molecule has 2 fully saturated rings. The summed E-state index contributed by atoms with van der Waals surface area (Å²) in [6.07, 6.45) is 3.45. The van der Waals surface area contributed by atoms with Gasteiger partial charge in [0.25, 0.3) is 16.8 Å². The Morgan fingerprint density at radius 3 is 2.49 bits per heavy atom. The average Bonchev–Trinajstić information content (AvgIpc) is 3.44. The number of carbonyl (C=O) groups is 3. The maximum absolute atomic E-state index is 12.8. The zero-order chi connectivity index (χ0) is 25.1. The van der Waals surface area contributed by atoms with Gasteiger partial charge in [0, 0.05) is 25.2 Å². The van der Waals surface area contributed by atoms with Crippen LogP contribution in [0.2, 0.25) is 0 Å². The van der Waals surface area contributed by atoms with Gasteiger partial charge in [0.05, 0.1) is 18.8 Å². The van der Waals surface area contributed by atoms with Crippen molar-refractivity contribution in [1.29, 1.82) is 0 Å². The molecule has 2 aromatic carbocycles. The minimum Gasteiger partial charge on any atom is -0.487 e. The number of nitrogens with zero attached hydrogens (tertiary/aromatic N) is 3. The van der Waals surface area contributed by atoms with E-state index in [2.05, 4.69) is 31.9 Å². The lowest BCUT2D eigenvalue weighted by atomic mass is 10.2. The van der Waals surface area contributed by atoms with E-state index in [1.807, 2.05) is 0 Å². The highest BCUT2D eigenvalue weighted by molar-refractivity contribution is 9.11. The van der Waals surface area contributed by atoms with Crippen molar-refractivity contribution >= 4 is 72.4 Å². The second kappa shape index (κ2) is 10.9. The topological polar surface area (TPSA) is 110 Å². The smallest absolute Gasteiger partial charge is 0.294 e. The molecule has 0 aliphatic carbocycles. The molecule has 4 rings (SSSR count). The number of benzene rings is 2. The van der Waals surface area contributed by atoms with E-state index in [-0.39, 0.29) is 29.7 Å². The fourth-order valence-corrected chi connectivity index (χ4v) is 5.99. The van der Waals surface area contributed by atoms with Crippen LogP contribution >= 0.6 is 43.6 Å². The van der Waals surface area contributed by atoms with Gasteiger partial charge in [-0.15, -0.1) is 0 Å². The summed E-state index contributed by atoms with van der Waals surface area (Å²) in [5.41, 5.74) is 1.26. The van der Waals surface area contributed by atoms with E-state index in [0.717, 1.165) is 29.5 Å². The molecule has 2 aromatic rings. The summed E-state index contributed by atoms with van der Waals surface area (Å²) in [6.45, 7) is 1.17. The molecule has 2 aliphatic rings. The average molecular weight is 625 g/mol. The number of likely N-dealkylation sites (tertiary alicyclic amines) is 1. The molecule has 0 unspecified atom stereocenters. The summed E-state index contributed by atoms with van der Waals surface area (Å²) < 4.78 is 7.03. The van der Waals surface area contributed by atoms with Gasteiger partial charge in [0.15, 0.2) is 0 Å². The molecule has 0 N–H and O–H groups in total. The van der Waals surface area contributed by atoms with E-state index < -0.39 is 16.1 Å². The second-order valence-electron chi connectivity index (χ2n) is 7.89. The fourth-order valence-electron chi connectivity index (χ4n) is 3.71. The zero-order valence-corrected chi connectivity index (χ0v) is 22.2. The molecule has 0 bridgehead atoms. The number of non-ortho nitro benzene ring substituents is 1. The van der Waals surface area contributed by atoms with Gasteiger partial charge in [-0.05, 0) is 85.8 Å². The summed E-state index contributed by atoms with van der Waals surface area (Å²) in [7, 11) is 0. The van der Waals surface area contributed by atoms with Gasteiger partial charge in [0.2, 0.25) is 5.91 Å². The maximum atomic E-state index is 12.8. The summed E-state index contributed by atoms with van der Waals surface area (Å²) >= 11 is 7.71. The Kier molecular flexibility index (Phi) is 7.92. The van der Waals surface area contributed by atoms with Crippen molar-refractivity contribution in [3.05, 3.63) is 71.5 Å². The number of hydrogen-bond donors (Lipinski definition) is 0. The summed E-state index contributed by atoms with van der Waals surface area (Å²) in [5.74, 6) is -0.231. The number of ether oxygens (including phenoxy) is 1. The van der Waals surface area contributed by atoms with Crippen molar-refractivity contribution in [3.8, 4) is 5.75 Å². The minimum atomic E-state index is -0.495. The van der Waals surface area contributed by atoms with Gasteiger partial charge < -0.3 is 9.64 Å².